The average Bonchev–Trinajstić information content (AvgIpc) is 3.33. The first-order valence-corrected chi connectivity index (χ1v) is 10.3. The van der Waals surface area contributed by atoms with E-state index in [2.05, 4.69) is 34.5 Å². The molecule has 1 fully saturated rings. The molecule has 4 nitrogen and oxygen atoms in total. The Hall–Kier alpha value is -1.75. The molecule has 0 saturated heterocycles. The van der Waals surface area contributed by atoms with Gasteiger partial charge in [-0.25, -0.2) is 0 Å². The zero-order valence-corrected chi connectivity index (χ0v) is 16.1. The summed E-state index contributed by atoms with van der Waals surface area (Å²) in [5.74, 6) is 2.36. The molecule has 4 rings (SSSR count). The Labute approximate surface area is 161 Å². The molecule has 5 heteroatoms. The predicted molar refractivity (Wildman–Crippen MR) is 107 cm³/mol. The predicted octanol–water partition coefficient (Wildman–Crippen LogP) is 4.39. The summed E-state index contributed by atoms with van der Waals surface area (Å²) in [6.07, 6.45) is 13.3. The number of hydrogen-bond acceptors (Lipinski definition) is 3. The highest BCUT2D eigenvalue weighted by Crippen LogP contribution is 2.33. The van der Waals surface area contributed by atoms with E-state index in [0.717, 1.165) is 36.1 Å². The van der Waals surface area contributed by atoms with Gasteiger partial charge in [0, 0.05) is 19.1 Å². The Morgan fingerprint density at radius 2 is 1.96 bits per heavy atom. The van der Waals surface area contributed by atoms with E-state index in [0.29, 0.717) is 18.8 Å². The van der Waals surface area contributed by atoms with Gasteiger partial charge < -0.3 is 19.7 Å². The van der Waals surface area contributed by atoms with Gasteiger partial charge in [-0.1, -0.05) is 31.1 Å². The molecule has 0 bridgehead atoms. The van der Waals surface area contributed by atoms with Gasteiger partial charge in [0.25, 0.3) is 0 Å². The van der Waals surface area contributed by atoms with E-state index in [1.807, 2.05) is 6.07 Å². The largest absolute Gasteiger partial charge is 0.454 e. The molecule has 26 heavy (non-hydrogen) atoms. The molecule has 0 unspecified atom stereocenters. The van der Waals surface area contributed by atoms with E-state index in [9.17, 15) is 0 Å². The molecule has 140 valence electrons. The van der Waals surface area contributed by atoms with Gasteiger partial charge in [0.1, 0.15) is 0 Å². The zero-order valence-electron chi connectivity index (χ0n) is 15.3. The van der Waals surface area contributed by atoms with Crippen LogP contribution in [0.5, 0.6) is 11.5 Å². The van der Waals surface area contributed by atoms with Gasteiger partial charge in [-0.3, -0.25) is 0 Å². The summed E-state index contributed by atoms with van der Waals surface area (Å²) in [7, 11) is 0. The quantitative estimate of drug-likeness (QED) is 0.612. The van der Waals surface area contributed by atoms with Crippen LogP contribution in [0.25, 0.3) is 0 Å². The van der Waals surface area contributed by atoms with Crippen LogP contribution in [0, 0.1) is 5.92 Å². The molecular formula is C21H28N2O2S. The van der Waals surface area contributed by atoms with Crippen LogP contribution in [-0.4, -0.2) is 29.4 Å². The summed E-state index contributed by atoms with van der Waals surface area (Å²) in [4.78, 5) is 2.36. The lowest BCUT2D eigenvalue weighted by Crippen LogP contribution is -2.45. The van der Waals surface area contributed by atoms with Crippen molar-refractivity contribution >= 4 is 17.3 Å². The monoisotopic (exact) mass is 372 g/mol. The lowest BCUT2D eigenvalue weighted by atomic mass is 9.94. The van der Waals surface area contributed by atoms with E-state index in [1.54, 1.807) is 0 Å². The Balaban J connectivity index is 1.45. The zero-order chi connectivity index (χ0) is 17.8. The number of allylic oxidation sites excluding steroid dienone is 2. The third kappa shape index (κ3) is 4.32. The number of thiocarbonyl (C=S) groups is 1. The maximum Gasteiger partial charge on any atom is 0.231 e. The van der Waals surface area contributed by atoms with E-state index >= 15 is 0 Å². The van der Waals surface area contributed by atoms with Crippen molar-refractivity contribution in [2.24, 2.45) is 5.92 Å². The fourth-order valence-corrected chi connectivity index (χ4v) is 4.45. The molecule has 1 N–H and O–H groups in total. The Morgan fingerprint density at radius 1 is 1.12 bits per heavy atom. The van der Waals surface area contributed by atoms with Gasteiger partial charge in [-0.2, -0.15) is 0 Å². The molecule has 1 heterocycles. The summed E-state index contributed by atoms with van der Waals surface area (Å²) in [5.41, 5.74) is 1.22. The molecule has 1 atom stereocenters. The molecule has 1 aliphatic heterocycles. The third-order valence-corrected chi connectivity index (χ3v) is 6.01. The topological polar surface area (TPSA) is 33.7 Å². The maximum atomic E-state index is 5.82. The summed E-state index contributed by atoms with van der Waals surface area (Å²) in [6.45, 7) is 2.14. The van der Waals surface area contributed by atoms with Crippen LogP contribution in [0.3, 0.4) is 0 Å². The molecule has 3 aliphatic rings. The van der Waals surface area contributed by atoms with Crippen LogP contribution < -0.4 is 14.8 Å². The van der Waals surface area contributed by atoms with Crippen LogP contribution in [0.15, 0.2) is 30.4 Å². The normalized spacial score (nSPS) is 21.8. The Morgan fingerprint density at radius 3 is 2.77 bits per heavy atom. The van der Waals surface area contributed by atoms with Crippen molar-refractivity contribution in [3.05, 3.63) is 35.9 Å². The number of benzene rings is 1. The number of hydrogen-bond donors (Lipinski definition) is 1. The van der Waals surface area contributed by atoms with E-state index in [4.69, 9.17) is 21.7 Å². The van der Waals surface area contributed by atoms with Crippen LogP contribution in [0.4, 0.5) is 0 Å². The number of rotatable bonds is 5. The lowest BCUT2D eigenvalue weighted by molar-refractivity contribution is 0.174. The first-order valence-electron chi connectivity index (χ1n) is 9.87. The smallest absolute Gasteiger partial charge is 0.231 e. The Bertz CT molecular complexity index is 670. The average molecular weight is 373 g/mol. The van der Waals surface area contributed by atoms with Crippen molar-refractivity contribution in [3.8, 4) is 11.5 Å². The molecule has 1 aromatic carbocycles. The van der Waals surface area contributed by atoms with Crippen molar-refractivity contribution < 1.29 is 9.47 Å². The van der Waals surface area contributed by atoms with E-state index in [-0.39, 0.29) is 0 Å². The van der Waals surface area contributed by atoms with E-state index in [1.165, 1.54) is 44.1 Å². The van der Waals surface area contributed by atoms with Crippen molar-refractivity contribution in [1.29, 1.82) is 0 Å². The second-order valence-electron chi connectivity index (χ2n) is 7.65. The van der Waals surface area contributed by atoms with Crippen molar-refractivity contribution in [2.75, 3.05) is 13.3 Å². The highest BCUT2D eigenvalue weighted by Gasteiger charge is 2.22. The standard InChI is InChI=1S/C21H28N2O2S/c26-21(22-18-8-4-5-9-18)23(13-16-6-2-1-3-7-16)14-17-10-11-19-20(12-17)25-15-24-19/h1-2,10-12,16,18H,3-9,13-15H2,(H,22,26)/t16-/m1/s1. The van der Waals surface area contributed by atoms with Gasteiger partial charge in [0.2, 0.25) is 6.79 Å². The van der Waals surface area contributed by atoms with Gasteiger partial charge >= 0.3 is 0 Å². The number of nitrogens with one attached hydrogen (secondary N) is 1. The molecule has 2 aliphatic carbocycles. The SMILES string of the molecule is S=C(NC1CCCC1)N(Cc1ccc2c(c1)OCO2)C[C@@H]1CC=CCC1. The van der Waals surface area contributed by atoms with Gasteiger partial charge in [-0.05, 0) is 67.9 Å². The minimum absolute atomic E-state index is 0.318. The number of ether oxygens (including phenoxy) is 2. The summed E-state index contributed by atoms with van der Waals surface area (Å²) in [5, 5.41) is 4.53. The van der Waals surface area contributed by atoms with Crippen LogP contribution in [0.1, 0.15) is 50.5 Å². The Kier molecular flexibility index (Phi) is 5.63. The van der Waals surface area contributed by atoms with Gasteiger partial charge in [0.15, 0.2) is 16.6 Å². The highest BCUT2D eigenvalue weighted by molar-refractivity contribution is 7.80. The summed E-state index contributed by atoms with van der Waals surface area (Å²) in [6, 6.07) is 6.77. The first kappa shape index (κ1) is 17.7. The molecular weight excluding hydrogens is 344 g/mol. The lowest BCUT2D eigenvalue weighted by Gasteiger charge is -2.32. The minimum atomic E-state index is 0.318. The summed E-state index contributed by atoms with van der Waals surface area (Å²) < 4.78 is 11.0. The van der Waals surface area contributed by atoms with E-state index < -0.39 is 0 Å². The number of nitrogens with zero attached hydrogens (tertiary/aromatic N) is 1. The third-order valence-electron chi connectivity index (χ3n) is 5.64. The molecule has 0 amide bonds. The molecule has 0 radical (unpaired) electrons. The minimum Gasteiger partial charge on any atom is -0.454 e. The van der Waals surface area contributed by atoms with Crippen molar-refractivity contribution in [3.63, 3.8) is 0 Å². The van der Waals surface area contributed by atoms with Gasteiger partial charge in [0.05, 0.1) is 0 Å². The number of fused-ring (bicyclic) bond motifs is 1. The first-order chi connectivity index (χ1) is 12.8. The molecule has 0 spiro atoms. The maximum absolute atomic E-state index is 5.82. The van der Waals surface area contributed by atoms with Gasteiger partial charge in [-0.15, -0.1) is 0 Å². The van der Waals surface area contributed by atoms with Crippen LogP contribution in [-0.2, 0) is 6.54 Å². The van der Waals surface area contributed by atoms with Crippen LogP contribution in [0.2, 0.25) is 0 Å². The van der Waals surface area contributed by atoms with Crippen molar-refractivity contribution in [2.45, 2.75) is 57.5 Å². The van der Waals surface area contributed by atoms with Crippen LogP contribution >= 0.6 is 12.2 Å². The fourth-order valence-electron chi connectivity index (χ4n) is 4.15. The second kappa shape index (κ2) is 8.30. The highest BCUT2D eigenvalue weighted by atomic mass is 32.1. The molecule has 1 aromatic rings. The second-order valence-corrected chi connectivity index (χ2v) is 8.04. The molecule has 1 saturated carbocycles. The summed E-state index contributed by atoms with van der Waals surface area (Å²) >= 11 is 5.82. The van der Waals surface area contributed by atoms with Crippen molar-refractivity contribution in [1.82, 2.24) is 10.2 Å². The molecule has 0 aromatic heterocycles. The fraction of sp³-hybridized carbons (Fsp3) is 0.571.